The van der Waals surface area contributed by atoms with Crippen molar-refractivity contribution in [3.05, 3.63) is 0 Å². The number of hydrogen-bond donors (Lipinski definition) is 11. The zero-order valence-corrected chi connectivity index (χ0v) is 17.3. The Bertz CT molecular complexity index is 568. The van der Waals surface area contributed by atoms with Gasteiger partial charge in [0, 0.05) is 0 Å². The van der Waals surface area contributed by atoms with Crippen LogP contribution in [-0.2, 0) is 14.2 Å². The molecule has 14 heteroatoms. The first-order valence-corrected chi connectivity index (χ1v) is 10.2. The van der Waals surface area contributed by atoms with Crippen LogP contribution in [0.25, 0.3) is 0 Å². The van der Waals surface area contributed by atoms with Crippen molar-refractivity contribution in [3.63, 3.8) is 0 Å². The van der Waals surface area contributed by atoms with Gasteiger partial charge in [0.2, 0.25) is 0 Å². The van der Waals surface area contributed by atoms with Crippen LogP contribution < -0.4 is 0 Å². The summed E-state index contributed by atoms with van der Waals surface area (Å²) in [6.45, 7) is 2.58. The van der Waals surface area contributed by atoms with E-state index >= 15 is 0 Å². The first kappa shape index (κ1) is 26.1. The van der Waals surface area contributed by atoms with E-state index in [4.69, 9.17) is 14.2 Å². The van der Waals surface area contributed by atoms with Gasteiger partial charge in [-0.3, -0.25) is 0 Å². The van der Waals surface area contributed by atoms with Gasteiger partial charge in [-0.25, -0.2) is 0 Å². The molecular weight excluding hydrogens is 440 g/mol. The van der Waals surface area contributed by atoms with Crippen molar-refractivity contribution < 1.29 is 70.4 Å². The fourth-order valence-corrected chi connectivity index (χ4v) is 4.60. The van der Waals surface area contributed by atoms with E-state index in [2.05, 4.69) is 0 Å². The predicted molar refractivity (Wildman–Crippen MR) is 98.6 cm³/mol. The Hall–Kier alpha value is -0.560. The highest BCUT2D eigenvalue weighted by Gasteiger charge is 2.67. The Balaban J connectivity index is 2.11. The largest absolute Gasteiger partial charge is 0.388 e. The molecule has 0 aromatic rings. The van der Waals surface area contributed by atoms with Crippen LogP contribution in [0.2, 0.25) is 0 Å². The third kappa shape index (κ3) is 3.97. The monoisotopic (exact) mass is 472 g/mol. The second-order valence-corrected chi connectivity index (χ2v) is 8.77. The highest BCUT2D eigenvalue weighted by atomic mass is 16.7. The lowest BCUT2D eigenvalue weighted by molar-refractivity contribution is -0.376. The number of hydrogen-bond acceptors (Lipinski definition) is 14. The van der Waals surface area contributed by atoms with Gasteiger partial charge in [-0.1, -0.05) is 0 Å². The zero-order chi connectivity index (χ0) is 24.3. The molecule has 11 N–H and O–H groups in total. The summed E-state index contributed by atoms with van der Waals surface area (Å²) < 4.78 is 16.1. The first-order valence-electron chi connectivity index (χ1n) is 10.2. The molecule has 0 unspecified atom stereocenters. The Kier molecular flexibility index (Phi) is 7.52. The third-order valence-electron chi connectivity index (χ3n) is 6.66. The fourth-order valence-electron chi connectivity index (χ4n) is 4.60. The maximum Gasteiger partial charge on any atom is 0.184 e. The molecule has 14 nitrogen and oxygen atoms in total. The Morgan fingerprint density at radius 1 is 0.438 bits per heavy atom. The average molecular weight is 472 g/mol. The van der Waals surface area contributed by atoms with Gasteiger partial charge in [-0.15, -0.1) is 0 Å². The molecule has 0 radical (unpaired) electrons. The van der Waals surface area contributed by atoms with Crippen LogP contribution >= 0.6 is 0 Å². The summed E-state index contributed by atoms with van der Waals surface area (Å²) in [5.74, 6) is 0. The van der Waals surface area contributed by atoms with E-state index in [1.54, 1.807) is 0 Å². The summed E-state index contributed by atoms with van der Waals surface area (Å²) in [6, 6.07) is 0. The Morgan fingerprint density at radius 2 is 0.750 bits per heavy atom. The van der Waals surface area contributed by atoms with Gasteiger partial charge in [0.15, 0.2) is 11.9 Å². The van der Waals surface area contributed by atoms with Crippen LogP contribution in [0.4, 0.5) is 0 Å². The number of ether oxygens (including phenoxy) is 3. The van der Waals surface area contributed by atoms with Crippen molar-refractivity contribution in [2.24, 2.45) is 0 Å². The molecule has 188 valence electrons. The summed E-state index contributed by atoms with van der Waals surface area (Å²) in [4.78, 5) is 0. The number of aliphatic hydroxyl groups excluding tert-OH is 10. The lowest BCUT2D eigenvalue weighted by atomic mass is 9.71. The molecule has 3 heterocycles. The van der Waals surface area contributed by atoms with E-state index in [-0.39, 0.29) is 0 Å². The number of aliphatic hydroxyl groups is 11. The first-order chi connectivity index (χ1) is 14.7. The Labute approximate surface area is 182 Å². The van der Waals surface area contributed by atoms with Gasteiger partial charge in [0.25, 0.3) is 0 Å². The second kappa shape index (κ2) is 9.24. The molecule has 0 aromatic carbocycles. The summed E-state index contributed by atoms with van der Waals surface area (Å²) in [7, 11) is 0. The van der Waals surface area contributed by atoms with Crippen LogP contribution in [-0.4, -0.2) is 154 Å². The van der Waals surface area contributed by atoms with Gasteiger partial charge < -0.3 is 70.4 Å². The molecule has 0 bridgehead atoms. The second-order valence-electron chi connectivity index (χ2n) is 8.77. The van der Waals surface area contributed by atoms with Crippen LogP contribution in [0.5, 0.6) is 0 Å². The topological polar surface area (TPSA) is 250 Å². The van der Waals surface area contributed by atoms with E-state index in [1.807, 2.05) is 0 Å². The third-order valence-corrected chi connectivity index (χ3v) is 6.66. The van der Waals surface area contributed by atoms with E-state index in [1.165, 1.54) is 13.8 Å². The van der Waals surface area contributed by atoms with E-state index in [0.717, 1.165) is 0 Å². The minimum absolute atomic E-state index is 1.21. The van der Waals surface area contributed by atoms with Gasteiger partial charge in [0.05, 0.1) is 12.2 Å². The molecule has 3 rings (SSSR count). The molecule has 32 heavy (non-hydrogen) atoms. The van der Waals surface area contributed by atoms with Crippen molar-refractivity contribution in [3.8, 4) is 0 Å². The van der Waals surface area contributed by atoms with E-state index in [9.17, 15) is 56.2 Å². The highest BCUT2D eigenvalue weighted by Crippen LogP contribution is 2.42. The summed E-state index contributed by atoms with van der Waals surface area (Å²) in [6.07, 6.45) is -28.0. The summed E-state index contributed by atoms with van der Waals surface area (Å²) >= 11 is 0. The van der Waals surface area contributed by atoms with Crippen molar-refractivity contribution >= 4 is 0 Å². The number of rotatable bonds is 3. The van der Waals surface area contributed by atoms with Gasteiger partial charge in [0.1, 0.15) is 73.2 Å². The fraction of sp³-hybridized carbons (Fsp3) is 1.00. The predicted octanol–water partition coefficient (Wildman–Crippen LogP) is -6.74. The van der Waals surface area contributed by atoms with Crippen molar-refractivity contribution in [1.29, 1.82) is 0 Å². The molecule has 0 aromatic heterocycles. The molecule has 0 aliphatic carbocycles. The van der Waals surface area contributed by atoms with Crippen LogP contribution in [0.15, 0.2) is 0 Å². The van der Waals surface area contributed by atoms with Gasteiger partial charge >= 0.3 is 0 Å². The molecule has 0 saturated carbocycles. The van der Waals surface area contributed by atoms with Crippen LogP contribution in [0.3, 0.4) is 0 Å². The minimum atomic E-state index is -2.93. The molecule has 3 aliphatic rings. The lowest BCUT2D eigenvalue weighted by Gasteiger charge is -2.57. The SMILES string of the molecule is C[C@@H]1O[C@@H](C(O)([C@@H]2O[C@@H](C)[C@H](O)[C@@H](O)[C@H]2O)[C@H]2O[C@@H](O)[C@H](O)[C@@H](O)[C@@H]2O)[C@H](O)[C@H](O)[C@H]1O. The summed E-state index contributed by atoms with van der Waals surface area (Å²) in [5.41, 5.74) is -2.93. The molecular formula is C18H32O14. The highest BCUT2D eigenvalue weighted by molar-refractivity contribution is 5.15. The van der Waals surface area contributed by atoms with Gasteiger partial charge in [-0.2, -0.15) is 0 Å². The van der Waals surface area contributed by atoms with E-state index < -0.39 is 97.3 Å². The molecule has 15 atom stereocenters. The van der Waals surface area contributed by atoms with Crippen molar-refractivity contribution in [2.75, 3.05) is 0 Å². The maximum absolute atomic E-state index is 11.8. The summed E-state index contributed by atoms with van der Waals surface area (Å²) in [5, 5.41) is 114. The molecule has 3 fully saturated rings. The van der Waals surface area contributed by atoms with Crippen LogP contribution in [0.1, 0.15) is 13.8 Å². The molecule has 3 aliphatic heterocycles. The van der Waals surface area contributed by atoms with Crippen LogP contribution in [0, 0.1) is 0 Å². The maximum atomic E-state index is 11.8. The quantitative estimate of drug-likeness (QED) is 0.183. The molecule has 0 spiro atoms. The Morgan fingerprint density at radius 3 is 1.12 bits per heavy atom. The average Bonchev–Trinajstić information content (AvgIpc) is 2.76. The van der Waals surface area contributed by atoms with Crippen molar-refractivity contribution in [2.45, 2.75) is 111 Å². The van der Waals surface area contributed by atoms with Crippen molar-refractivity contribution in [1.82, 2.24) is 0 Å². The standard InChI is InChI=1S/C18H32O14/c1-3-5(19)7(21)10(24)14(30-3)18(29,15-11(25)8(22)6(20)4(2)31-15)16-12(26)9(23)13(27)17(28)32-16/h3-17,19-29H,1-2H3/t3-,4-,5-,6-,7+,8+,9-,10+,11+,12-,13+,14+,15+,16-,17+/m0/s1. The minimum Gasteiger partial charge on any atom is -0.388 e. The van der Waals surface area contributed by atoms with E-state index in [0.29, 0.717) is 0 Å². The molecule has 0 amide bonds. The smallest absolute Gasteiger partial charge is 0.184 e. The van der Waals surface area contributed by atoms with Gasteiger partial charge in [-0.05, 0) is 13.8 Å². The normalized spacial score (nSPS) is 57.1. The zero-order valence-electron chi connectivity index (χ0n) is 17.3. The lowest BCUT2D eigenvalue weighted by Crippen LogP contribution is -2.79. The molecule has 3 saturated heterocycles.